The van der Waals surface area contributed by atoms with Crippen LogP contribution in [0.25, 0.3) is 10.9 Å². The van der Waals surface area contributed by atoms with Crippen molar-refractivity contribution in [1.82, 2.24) is 19.4 Å². The summed E-state index contributed by atoms with van der Waals surface area (Å²) < 4.78 is 7.25. The molecule has 1 aliphatic rings. The molecule has 27 heavy (non-hydrogen) atoms. The third kappa shape index (κ3) is 4.40. The quantitative estimate of drug-likeness (QED) is 0.467. The number of para-hydroxylation sites is 1. The van der Waals surface area contributed by atoms with E-state index in [1.165, 1.54) is 11.3 Å². The molecule has 0 radical (unpaired) electrons. The van der Waals surface area contributed by atoms with E-state index in [2.05, 4.69) is 11.0 Å². The summed E-state index contributed by atoms with van der Waals surface area (Å²) >= 11 is 2.95. The molecule has 2 aromatic heterocycles. The van der Waals surface area contributed by atoms with Gasteiger partial charge in [-0.3, -0.25) is 9.69 Å². The van der Waals surface area contributed by atoms with E-state index in [1.807, 2.05) is 35.1 Å². The molecule has 1 saturated heterocycles. The van der Waals surface area contributed by atoms with E-state index in [0.717, 1.165) is 66.0 Å². The SMILES string of the molecule is Cc1csc(=O)n1CCSc1nc(CN2CCOCC2)nc2ccccc12. The Bertz CT molecular complexity index is 979. The van der Waals surface area contributed by atoms with Crippen LogP contribution in [-0.2, 0) is 17.8 Å². The summed E-state index contributed by atoms with van der Waals surface area (Å²) in [6.07, 6.45) is 0. The zero-order valence-electron chi connectivity index (χ0n) is 15.3. The predicted molar refractivity (Wildman–Crippen MR) is 110 cm³/mol. The van der Waals surface area contributed by atoms with Gasteiger partial charge < -0.3 is 9.30 Å². The number of ether oxygens (including phenoxy) is 1. The van der Waals surface area contributed by atoms with E-state index < -0.39 is 0 Å². The maximum atomic E-state index is 11.9. The lowest BCUT2D eigenvalue weighted by molar-refractivity contribution is 0.0330. The topological polar surface area (TPSA) is 60.2 Å². The standard InChI is InChI=1S/C19H22N4O2S2/c1-14-13-27-19(24)23(14)8-11-26-18-15-4-2-3-5-16(15)20-17(21-18)12-22-6-9-25-10-7-22/h2-5,13H,6-12H2,1H3. The van der Waals surface area contributed by atoms with Gasteiger partial charge in [-0.05, 0) is 13.0 Å². The van der Waals surface area contributed by atoms with Crippen molar-refractivity contribution in [2.24, 2.45) is 0 Å². The molecular weight excluding hydrogens is 380 g/mol. The average molecular weight is 403 g/mol. The Kier molecular flexibility index (Phi) is 5.87. The fraction of sp³-hybridized carbons (Fsp3) is 0.421. The molecule has 8 heteroatoms. The first-order chi connectivity index (χ1) is 13.2. The fourth-order valence-electron chi connectivity index (χ4n) is 3.14. The van der Waals surface area contributed by atoms with Gasteiger partial charge in [0, 0.05) is 41.8 Å². The van der Waals surface area contributed by atoms with Crippen LogP contribution in [-0.4, -0.2) is 51.5 Å². The van der Waals surface area contributed by atoms with Gasteiger partial charge >= 0.3 is 4.87 Å². The van der Waals surface area contributed by atoms with E-state index in [4.69, 9.17) is 14.7 Å². The summed E-state index contributed by atoms with van der Waals surface area (Å²) in [5.41, 5.74) is 1.99. The van der Waals surface area contributed by atoms with Crippen LogP contribution in [0.5, 0.6) is 0 Å². The molecule has 1 aliphatic heterocycles. The molecule has 142 valence electrons. The van der Waals surface area contributed by atoms with Crippen molar-refractivity contribution < 1.29 is 4.74 Å². The number of thioether (sulfide) groups is 1. The smallest absolute Gasteiger partial charge is 0.307 e. The van der Waals surface area contributed by atoms with Crippen molar-refractivity contribution in [2.45, 2.75) is 25.0 Å². The van der Waals surface area contributed by atoms with Crippen LogP contribution in [0.2, 0.25) is 0 Å². The number of fused-ring (bicyclic) bond motifs is 1. The molecule has 1 fully saturated rings. The number of hydrogen-bond donors (Lipinski definition) is 0. The molecule has 6 nitrogen and oxygen atoms in total. The van der Waals surface area contributed by atoms with Crippen LogP contribution >= 0.6 is 23.1 Å². The summed E-state index contributed by atoms with van der Waals surface area (Å²) in [6, 6.07) is 8.14. The lowest BCUT2D eigenvalue weighted by Gasteiger charge is -2.25. The zero-order chi connectivity index (χ0) is 18.6. The number of thiazole rings is 1. The Hall–Kier alpha value is -1.74. The highest BCUT2D eigenvalue weighted by molar-refractivity contribution is 7.99. The first kappa shape index (κ1) is 18.6. The molecule has 0 N–H and O–H groups in total. The lowest BCUT2D eigenvalue weighted by atomic mass is 10.2. The highest BCUT2D eigenvalue weighted by Gasteiger charge is 2.15. The molecule has 3 aromatic rings. The highest BCUT2D eigenvalue weighted by atomic mass is 32.2. The number of aromatic nitrogens is 3. The van der Waals surface area contributed by atoms with E-state index in [9.17, 15) is 4.79 Å². The summed E-state index contributed by atoms with van der Waals surface area (Å²) in [6.45, 7) is 6.77. The normalized spacial score (nSPS) is 15.4. The maximum Gasteiger partial charge on any atom is 0.307 e. The summed E-state index contributed by atoms with van der Waals surface area (Å²) in [4.78, 5) is 23.9. The molecule has 0 aliphatic carbocycles. The van der Waals surface area contributed by atoms with Crippen LogP contribution in [0.3, 0.4) is 0 Å². The van der Waals surface area contributed by atoms with Crippen molar-refractivity contribution in [2.75, 3.05) is 32.1 Å². The molecule has 1 aromatic carbocycles. The minimum Gasteiger partial charge on any atom is -0.379 e. The average Bonchev–Trinajstić information content (AvgIpc) is 3.01. The second-order valence-corrected chi connectivity index (χ2v) is 8.40. The molecule has 3 heterocycles. The molecule has 0 saturated carbocycles. The second-order valence-electron chi connectivity index (χ2n) is 6.49. The first-order valence-electron chi connectivity index (χ1n) is 9.04. The van der Waals surface area contributed by atoms with E-state index in [0.29, 0.717) is 6.54 Å². The van der Waals surface area contributed by atoms with Crippen LogP contribution in [0, 0.1) is 6.92 Å². The molecule has 0 amide bonds. The van der Waals surface area contributed by atoms with Gasteiger partial charge in [-0.1, -0.05) is 29.5 Å². The van der Waals surface area contributed by atoms with E-state index in [-0.39, 0.29) is 4.87 Å². The Morgan fingerprint density at radius 3 is 2.81 bits per heavy atom. The predicted octanol–water partition coefficient (Wildman–Crippen LogP) is 2.79. The van der Waals surface area contributed by atoms with Gasteiger partial charge in [0.2, 0.25) is 0 Å². The number of aryl methyl sites for hydroxylation is 1. The minimum atomic E-state index is 0.105. The molecule has 0 spiro atoms. The van der Waals surface area contributed by atoms with Crippen LogP contribution in [0.1, 0.15) is 11.5 Å². The molecule has 0 unspecified atom stereocenters. The van der Waals surface area contributed by atoms with Crippen LogP contribution in [0.15, 0.2) is 39.5 Å². The Balaban J connectivity index is 1.53. The molecule has 4 rings (SSSR count). The van der Waals surface area contributed by atoms with Crippen molar-refractivity contribution in [3.63, 3.8) is 0 Å². The summed E-state index contributed by atoms with van der Waals surface area (Å²) in [5, 5.41) is 3.97. The summed E-state index contributed by atoms with van der Waals surface area (Å²) in [7, 11) is 0. The summed E-state index contributed by atoms with van der Waals surface area (Å²) in [5.74, 6) is 1.65. The Morgan fingerprint density at radius 2 is 2.04 bits per heavy atom. The first-order valence-corrected chi connectivity index (χ1v) is 10.9. The number of nitrogens with zero attached hydrogens (tertiary/aromatic N) is 4. The fourth-order valence-corrected chi connectivity index (χ4v) is 4.87. The minimum absolute atomic E-state index is 0.105. The van der Waals surface area contributed by atoms with Crippen molar-refractivity contribution in [3.8, 4) is 0 Å². The lowest BCUT2D eigenvalue weighted by Crippen LogP contribution is -2.36. The van der Waals surface area contributed by atoms with Gasteiger partial charge in [0.25, 0.3) is 0 Å². The molecule has 0 bridgehead atoms. The highest BCUT2D eigenvalue weighted by Crippen LogP contribution is 2.26. The van der Waals surface area contributed by atoms with Gasteiger partial charge in [-0.15, -0.1) is 11.8 Å². The third-order valence-corrected chi connectivity index (χ3v) is 6.47. The largest absolute Gasteiger partial charge is 0.379 e. The maximum absolute atomic E-state index is 11.9. The van der Waals surface area contributed by atoms with E-state index >= 15 is 0 Å². The number of hydrogen-bond acceptors (Lipinski definition) is 7. The Labute approximate surface area is 166 Å². The van der Waals surface area contributed by atoms with Crippen molar-refractivity contribution >= 4 is 34.0 Å². The van der Waals surface area contributed by atoms with Gasteiger partial charge in [-0.25, -0.2) is 9.97 Å². The zero-order valence-corrected chi connectivity index (χ0v) is 16.9. The number of rotatable bonds is 6. The third-order valence-electron chi connectivity index (χ3n) is 4.61. The van der Waals surface area contributed by atoms with Gasteiger partial charge in [0.05, 0.1) is 25.3 Å². The van der Waals surface area contributed by atoms with Gasteiger partial charge in [0.15, 0.2) is 0 Å². The Morgan fingerprint density at radius 1 is 1.22 bits per heavy atom. The monoisotopic (exact) mass is 402 g/mol. The van der Waals surface area contributed by atoms with E-state index in [1.54, 1.807) is 11.8 Å². The molecular formula is C19H22N4O2S2. The van der Waals surface area contributed by atoms with Crippen molar-refractivity contribution in [1.29, 1.82) is 0 Å². The van der Waals surface area contributed by atoms with Crippen LogP contribution < -0.4 is 4.87 Å². The van der Waals surface area contributed by atoms with Gasteiger partial charge in [-0.2, -0.15) is 0 Å². The van der Waals surface area contributed by atoms with Gasteiger partial charge in [0.1, 0.15) is 10.9 Å². The number of benzene rings is 1. The van der Waals surface area contributed by atoms with Crippen molar-refractivity contribution in [3.05, 3.63) is 50.8 Å². The molecule has 0 atom stereocenters. The van der Waals surface area contributed by atoms with Crippen LogP contribution in [0.4, 0.5) is 0 Å². The number of morpholine rings is 1. The second kappa shape index (κ2) is 8.52.